The lowest BCUT2D eigenvalue weighted by atomic mass is 10.1. The summed E-state index contributed by atoms with van der Waals surface area (Å²) in [5.41, 5.74) is 3.57. The first-order valence-electron chi connectivity index (χ1n) is 7.05. The van der Waals surface area contributed by atoms with E-state index in [1.165, 1.54) is 0 Å². The fourth-order valence-corrected chi connectivity index (χ4v) is 2.58. The molecule has 1 heterocycles. The van der Waals surface area contributed by atoms with E-state index < -0.39 is 6.10 Å². The number of hydrogen-bond donors (Lipinski definition) is 1. The van der Waals surface area contributed by atoms with Crippen LogP contribution in [-0.2, 0) is 20.1 Å². The van der Waals surface area contributed by atoms with Crippen LogP contribution in [0.4, 0.5) is 0 Å². The van der Waals surface area contributed by atoms with Gasteiger partial charge < -0.3 is 9.84 Å². The molecule has 0 saturated heterocycles. The summed E-state index contributed by atoms with van der Waals surface area (Å²) >= 11 is 6.32. The minimum Gasteiger partial charge on any atom is -0.487 e. The van der Waals surface area contributed by atoms with Crippen molar-refractivity contribution in [1.82, 2.24) is 9.78 Å². The van der Waals surface area contributed by atoms with Crippen molar-refractivity contribution in [3.63, 3.8) is 0 Å². The number of ether oxygens (including phenoxy) is 1. The first-order valence-corrected chi connectivity index (χ1v) is 7.43. The average Bonchev–Trinajstić information content (AvgIpc) is 2.71. The topological polar surface area (TPSA) is 47.3 Å². The standard InChI is InChI=1S/C16H21ClN2O2/c1-5-13-16(17)14(19(4)18-13)9-21-15-8-10(2)6-7-12(15)11(3)20/h6-8,11,20H,5,9H2,1-4H3/t11-/m0/s1. The minimum absolute atomic E-state index is 0.325. The van der Waals surface area contributed by atoms with Gasteiger partial charge in [-0.3, -0.25) is 4.68 Å². The molecule has 0 aliphatic rings. The van der Waals surface area contributed by atoms with Gasteiger partial charge in [-0.25, -0.2) is 0 Å². The largest absolute Gasteiger partial charge is 0.487 e. The second-order valence-corrected chi connectivity index (χ2v) is 5.57. The molecule has 0 unspecified atom stereocenters. The molecule has 0 aliphatic heterocycles. The lowest BCUT2D eigenvalue weighted by Gasteiger charge is -2.14. The zero-order chi connectivity index (χ0) is 15.6. The van der Waals surface area contributed by atoms with Gasteiger partial charge in [-0.2, -0.15) is 5.10 Å². The van der Waals surface area contributed by atoms with Crippen molar-refractivity contribution in [3.8, 4) is 5.75 Å². The van der Waals surface area contributed by atoms with Gasteiger partial charge in [-0.15, -0.1) is 0 Å². The molecule has 1 N–H and O–H groups in total. The normalized spacial score (nSPS) is 12.5. The molecule has 1 aromatic heterocycles. The van der Waals surface area contributed by atoms with E-state index in [0.717, 1.165) is 28.9 Å². The zero-order valence-corrected chi connectivity index (χ0v) is 13.6. The Balaban J connectivity index is 2.24. The summed E-state index contributed by atoms with van der Waals surface area (Å²) in [6.07, 6.45) is 0.213. The number of benzene rings is 1. The van der Waals surface area contributed by atoms with Crippen LogP contribution in [0.2, 0.25) is 5.02 Å². The molecule has 0 spiro atoms. The average molecular weight is 309 g/mol. The number of aliphatic hydroxyl groups is 1. The first-order chi connectivity index (χ1) is 9.93. The quantitative estimate of drug-likeness (QED) is 0.918. The summed E-state index contributed by atoms with van der Waals surface area (Å²) in [5, 5.41) is 14.9. The second-order valence-electron chi connectivity index (χ2n) is 5.19. The Hall–Kier alpha value is -1.52. The van der Waals surface area contributed by atoms with E-state index in [-0.39, 0.29) is 0 Å². The van der Waals surface area contributed by atoms with Gasteiger partial charge in [0.05, 0.1) is 22.5 Å². The van der Waals surface area contributed by atoms with Crippen LogP contribution >= 0.6 is 11.6 Å². The molecule has 2 aromatic rings. The minimum atomic E-state index is -0.575. The smallest absolute Gasteiger partial charge is 0.131 e. The monoisotopic (exact) mass is 308 g/mol. The third kappa shape index (κ3) is 3.39. The molecule has 5 heteroatoms. The number of nitrogens with zero attached hydrogens (tertiary/aromatic N) is 2. The van der Waals surface area contributed by atoms with Crippen LogP contribution in [0.25, 0.3) is 0 Å². The molecule has 4 nitrogen and oxygen atoms in total. The molecule has 0 saturated carbocycles. The van der Waals surface area contributed by atoms with E-state index in [1.54, 1.807) is 11.6 Å². The lowest BCUT2D eigenvalue weighted by Crippen LogP contribution is -2.06. The fraction of sp³-hybridized carbons (Fsp3) is 0.438. The van der Waals surface area contributed by atoms with Crippen molar-refractivity contribution in [1.29, 1.82) is 0 Å². The predicted molar refractivity (Wildman–Crippen MR) is 83.7 cm³/mol. The maximum absolute atomic E-state index is 9.82. The Bertz CT molecular complexity index is 635. The van der Waals surface area contributed by atoms with E-state index in [1.807, 2.05) is 39.1 Å². The first kappa shape index (κ1) is 15.9. The van der Waals surface area contributed by atoms with Crippen molar-refractivity contribution in [2.75, 3.05) is 0 Å². The third-order valence-corrected chi connectivity index (χ3v) is 3.92. The van der Waals surface area contributed by atoms with Crippen LogP contribution in [0.5, 0.6) is 5.75 Å². The van der Waals surface area contributed by atoms with E-state index in [2.05, 4.69) is 5.10 Å². The Morgan fingerprint density at radius 3 is 2.71 bits per heavy atom. The Morgan fingerprint density at radius 1 is 1.43 bits per heavy atom. The number of halogens is 1. The number of aromatic nitrogens is 2. The third-order valence-electron chi connectivity index (χ3n) is 3.49. The fourth-order valence-electron chi connectivity index (χ4n) is 2.23. The highest BCUT2D eigenvalue weighted by Crippen LogP contribution is 2.28. The van der Waals surface area contributed by atoms with Gasteiger partial charge in [0.1, 0.15) is 12.4 Å². The van der Waals surface area contributed by atoms with Crippen molar-refractivity contribution >= 4 is 11.6 Å². The van der Waals surface area contributed by atoms with Crippen LogP contribution in [0.1, 0.15) is 42.5 Å². The summed E-state index contributed by atoms with van der Waals surface area (Å²) in [5.74, 6) is 0.681. The Labute approximate surface area is 130 Å². The van der Waals surface area contributed by atoms with Gasteiger partial charge in [0.15, 0.2) is 0 Å². The molecule has 0 amide bonds. The number of aryl methyl sites for hydroxylation is 3. The van der Waals surface area contributed by atoms with Gasteiger partial charge >= 0.3 is 0 Å². The van der Waals surface area contributed by atoms with Crippen molar-refractivity contribution in [3.05, 3.63) is 45.7 Å². The maximum atomic E-state index is 9.82. The molecule has 1 aromatic carbocycles. The molecular weight excluding hydrogens is 288 g/mol. The molecule has 0 aliphatic carbocycles. The summed E-state index contributed by atoms with van der Waals surface area (Å²) < 4.78 is 7.63. The molecule has 0 radical (unpaired) electrons. The van der Waals surface area contributed by atoms with Crippen molar-refractivity contribution in [2.24, 2.45) is 7.05 Å². The number of aliphatic hydroxyl groups excluding tert-OH is 1. The predicted octanol–water partition coefficient (Wildman–Crippen LogP) is 3.58. The molecule has 21 heavy (non-hydrogen) atoms. The van der Waals surface area contributed by atoms with Crippen LogP contribution in [0.15, 0.2) is 18.2 Å². The Morgan fingerprint density at radius 2 is 2.14 bits per heavy atom. The van der Waals surface area contributed by atoms with E-state index in [0.29, 0.717) is 17.4 Å². The molecule has 0 bridgehead atoms. The van der Waals surface area contributed by atoms with Crippen LogP contribution in [0, 0.1) is 6.92 Å². The van der Waals surface area contributed by atoms with E-state index in [9.17, 15) is 5.11 Å². The van der Waals surface area contributed by atoms with Crippen molar-refractivity contribution < 1.29 is 9.84 Å². The van der Waals surface area contributed by atoms with E-state index in [4.69, 9.17) is 16.3 Å². The van der Waals surface area contributed by atoms with Gasteiger partial charge in [0.2, 0.25) is 0 Å². The van der Waals surface area contributed by atoms with Gasteiger partial charge in [0.25, 0.3) is 0 Å². The molecular formula is C16H21ClN2O2. The van der Waals surface area contributed by atoms with Gasteiger partial charge in [0, 0.05) is 12.6 Å². The molecule has 2 rings (SSSR count). The second kappa shape index (κ2) is 6.50. The Kier molecular flexibility index (Phi) is 4.91. The summed E-state index contributed by atoms with van der Waals surface area (Å²) in [6, 6.07) is 5.77. The van der Waals surface area contributed by atoms with Gasteiger partial charge in [-0.05, 0) is 31.9 Å². The SMILES string of the molecule is CCc1nn(C)c(COc2cc(C)ccc2[C@H](C)O)c1Cl. The molecule has 1 atom stereocenters. The maximum Gasteiger partial charge on any atom is 0.131 e. The number of rotatable bonds is 5. The van der Waals surface area contributed by atoms with Crippen LogP contribution in [0.3, 0.4) is 0 Å². The summed E-state index contributed by atoms with van der Waals surface area (Å²) in [4.78, 5) is 0. The highest BCUT2D eigenvalue weighted by Gasteiger charge is 2.15. The zero-order valence-electron chi connectivity index (χ0n) is 12.9. The van der Waals surface area contributed by atoms with Crippen LogP contribution < -0.4 is 4.74 Å². The lowest BCUT2D eigenvalue weighted by molar-refractivity contribution is 0.189. The van der Waals surface area contributed by atoms with E-state index >= 15 is 0 Å². The number of hydrogen-bond acceptors (Lipinski definition) is 3. The molecule has 0 fully saturated rings. The summed E-state index contributed by atoms with van der Waals surface area (Å²) in [7, 11) is 1.86. The molecule has 114 valence electrons. The highest BCUT2D eigenvalue weighted by atomic mass is 35.5. The van der Waals surface area contributed by atoms with Crippen LogP contribution in [-0.4, -0.2) is 14.9 Å². The van der Waals surface area contributed by atoms with Crippen molar-refractivity contribution in [2.45, 2.75) is 39.9 Å². The summed E-state index contributed by atoms with van der Waals surface area (Å²) in [6.45, 7) is 6.06. The van der Waals surface area contributed by atoms with Gasteiger partial charge in [-0.1, -0.05) is 30.7 Å². The highest BCUT2D eigenvalue weighted by molar-refractivity contribution is 6.31.